The molecule has 2 aliphatic carbocycles. The lowest BCUT2D eigenvalue weighted by Crippen LogP contribution is -2.26. The molecule has 2 heteroatoms. The van der Waals surface area contributed by atoms with Crippen LogP contribution in [0.3, 0.4) is 0 Å². The number of nitrogens with zero attached hydrogens (tertiary/aromatic N) is 2. The highest BCUT2D eigenvalue weighted by atomic mass is 15.1. The topological polar surface area (TPSA) is 8.17 Å². The third-order valence-corrected chi connectivity index (χ3v) is 15.4. The van der Waals surface area contributed by atoms with Gasteiger partial charge in [0.25, 0.3) is 0 Å². The molecule has 0 amide bonds. The lowest BCUT2D eigenvalue weighted by atomic mass is 9.70. The second-order valence-electron chi connectivity index (χ2n) is 18.7. The van der Waals surface area contributed by atoms with Crippen LogP contribution in [0.4, 0.5) is 17.1 Å². The molecule has 0 saturated carbocycles. The summed E-state index contributed by atoms with van der Waals surface area (Å²) in [5.41, 5.74) is 19.2. The lowest BCUT2D eigenvalue weighted by Gasteiger charge is -2.32. The third-order valence-electron chi connectivity index (χ3n) is 15.4. The number of anilines is 3. The van der Waals surface area contributed by atoms with Crippen LogP contribution >= 0.6 is 0 Å². The molecule has 0 N–H and O–H groups in total. The van der Waals surface area contributed by atoms with Crippen molar-refractivity contribution in [3.63, 3.8) is 0 Å². The van der Waals surface area contributed by atoms with Crippen LogP contribution < -0.4 is 4.90 Å². The van der Waals surface area contributed by atoms with Crippen molar-refractivity contribution >= 4 is 71.2 Å². The van der Waals surface area contributed by atoms with Crippen molar-refractivity contribution in [2.24, 2.45) is 0 Å². The summed E-state index contributed by atoms with van der Waals surface area (Å²) in [4.78, 5) is 2.57. The van der Waals surface area contributed by atoms with E-state index in [9.17, 15) is 0 Å². The first-order valence-corrected chi connectivity index (χ1v) is 24.0. The van der Waals surface area contributed by atoms with Gasteiger partial charge < -0.3 is 9.47 Å². The van der Waals surface area contributed by atoms with E-state index in [1.54, 1.807) is 0 Å². The molecule has 1 spiro atoms. The van der Waals surface area contributed by atoms with Crippen LogP contribution in [0.5, 0.6) is 0 Å². The monoisotopic (exact) mass is 874 g/mol. The van der Waals surface area contributed by atoms with E-state index in [0.29, 0.717) is 0 Å². The standard InChI is InChI=1S/C67H42N2/c1-2-19-44(20-3-1)68-63-35-17-12-28-54(63)55-39-37-43(41-65(55)68)46-21-11-16-34-62(46)69(45-38-40-51-49-24-5-4-22-47(49)48-23-6-7-25-50(48)57(51)42-45)64-36-18-33-61-66(64)56-29-10-15-32-60(56)67(61)58-30-13-8-26-52(58)53-27-9-14-31-59(53)67/h1-42H. The Labute approximate surface area is 400 Å². The predicted molar refractivity (Wildman–Crippen MR) is 290 cm³/mol. The molecule has 15 rings (SSSR count). The second kappa shape index (κ2) is 14.5. The average molecular weight is 875 g/mol. The fourth-order valence-electron chi connectivity index (χ4n) is 12.7. The average Bonchev–Trinajstić information content (AvgIpc) is 4.03. The molecule has 0 bridgehead atoms. The van der Waals surface area contributed by atoms with Crippen molar-refractivity contribution in [1.29, 1.82) is 0 Å². The molecular weight excluding hydrogens is 833 g/mol. The molecule has 0 radical (unpaired) electrons. The van der Waals surface area contributed by atoms with Gasteiger partial charge in [-0.3, -0.25) is 0 Å². The molecule has 1 heterocycles. The van der Waals surface area contributed by atoms with E-state index >= 15 is 0 Å². The molecule has 69 heavy (non-hydrogen) atoms. The molecule has 2 nitrogen and oxygen atoms in total. The van der Waals surface area contributed by atoms with Gasteiger partial charge in [0.05, 0.1) is 27.8 Å². The molecule has 0 unspecified atom stereocenters. The quantitative estimate of drug-likeness (QED) is 0.156. The van der Waals surface area contributed by atoms with Gasteiger partial charge in [0.1, 0.15) is 0 Å². The van der Waals surface area contributed by atoms with Gasteiger partial charge in [-0.25, -0.2) is 0 Å². The van der Waals surface area contributed by atoms with E-state index in [2.05, 4.69) is 264 Å². The lowest BCUT2D eigenvalue weighted by molar-refractivity contribution is 0.794. The minimum absolute atomic E-state index is 0.477. The van der Waals surface area contributed by atoms with Gasteiger partial charge in [-0.05, 0) is 125 Å². The van der Waals surface area contributed by atoms with E-state index in [1.165, 1.54) is 98.6 Å². The Hall–Kier alpha value is -8.98. The summed E-state index contributed by atoms with van der Waals surface area (Å²) in [5, 5.41) is 10.0. The van der Waals surface area contributed by atoms with Gasteiger partial charge in [0, 0.05) is 33.3 Å². The summed E-state index contributed by atoms with van der Waals surface area (Å²) >= 11 is 0. The first kappa shape index (κ1) is 38.2. The molecule has 0 aliphatic heterocycles. The molecule has 0 saturated heterocycles. The van der Waals surface area contributed by atoms with E-state index < -0.39 is 5.41 Å². The van der Waals surface area contributed by atoms with Gasteiger partial charge >= 0.3 is 0 Å². The van der Waals surface area contributed by atoms with Crippen LogP contribution in [0, 0.1) is 0 Å². The number of hydrogen-bond donors (Lipinski definition) is 0. The maximum atomic E-state index is 2.57. The molecule has 13 aromatic rings. The zero-order chi connectivity index (χ0) is 45.2. The molecule has 1 aromatic heterocycles. The minimum Gasteiger partial charge on any atom is -0.309 e. The molecule has 12 aromatic carbocycles. The van der Waals surface area contributed by atoms with Crippen molar-refractivity contribution in [2.75, 3.05) is 4.90 Å². The Balaban J connectivity index is 1.04. The summed E-state index contributed by atoms with van der Waals surface area (Å²) in [5.74, 6) is 0. The number of fused-ring (bicyclic) bond motifs is 19. The van der Waals surface area contributed by atoms with Gasteiger partial charge in [-0.15, -0.1) is 0 Å². The van der Waals surface area contributed by atoms with E-state index in [-0.39, 0.29) is 0 Å². The van der Waals surface area contributed by atoms with Crippen molar-refractivity contribution in [3.8, 4) is 39.1 Å². The van der Waals surface area contributed by atoms with E-state index in [1.807, 2.05) is 0 Å². The summed E-state index contributed by atoms with van der Waals surface area (Å²) in [6, 6.07) is 95.0. The van der Waals surface area contributed by atoms with Gasteiger partial charge in [-0.1, -0.05) is 206 Å². The van der Waals surface area contributed by atoms with Crippen molar-refractivity contribution in [1.82, 2.24) is 4.57 Å². The fourth-order valence-corrected chi connectivity index (χ4v) is 12.7. The Kier molecular flexibility index (Phi) is 8.02. The van der Waals surface area contributed by atoms with Gasteiger partial charge in [0.2, 0.25) is 0 Å². The van der Waals surface area contributed by atoms with Crippen molar-refractivity contribution in [2.45, 2.75) is 5.41 Å². The molecule has 0 fully saturated rings. The Bertz CT molecular complexity index is 4190. The first-order valence-electron chi connectivity index (χ1n) is 24.0. The highest BCUT2D eigenvalue weighted by Gasteiger charge is 2.52. The highest BCUT2D eigenvalue weighted by molar-refractivity contribution is 6.26. The summed E-state index contributed by atoms with van der Waals surface area (Å²) in [7, 11) is 0. The van der Waals surface area contributed by atoms with Crippen LogP contribution in [0.15, 0.2) is 255 Å². The predicted octanol–water partition coefficient (Wildman–Crippen LogP) is 17.7. The van der Waals surface area contributed by atoms with E-state index in [4.69, 9.17) is 0 Å². The maximum absolute atomic E-state index is 2.57. The summed E-state index contributed by atoms with van der Waals surface area (Å²) < 4.78 is 2.42. The number of benzene rings is 12. The van der Waals surface area contributed by atoms with E-state index in [0.717, 1.165) is 33.9 Å². The summed E-state index contributed by atoms with van der Waals surface area (Å²) in [6.45, 7) is 0. The van der Waals surface area contributed by atoms with Crippen LogP contribution in [0.2, 0.25) is 0 Å². The number of aromatic nitrogens is 1. The minimum atomic E-state index is -0.477. The largest absolute Gasteiger partial charge is 0.309 e. The normalized spacial score (nSPS) is 13.0. The summed E-state index contributed by atoms with van der Waals surface area (Å²) in [6.07, 6.45) is 0. The highest BCUT2D eigenvalue weighted by Crippen LogP contribution is 2.65. The Morgan fingerprint density at radius 1 is 0.290 bits per heavy atom. The number of para-hydroxylation sites is 3. The van der Waals surface area contributed by atoms with Gasteiger partial charge in [0.15, 0.2) is 0 Å². The van der Waals surface area contributed by atoms with Crippen molar-refractivity contribution in [3.05, 3.63) is 277 Å². The zero-order valence-electron chi connectivity index (χ0n) is 37.6. The van der Waals surface area contributed by atoms with Crippen LogP contribution in [0.1, 0.15) is 22.3 Å². The maximum Gasteiger partial charge on any atom is 0.0726 e. The van der Waals surface area contributed by atoms with Crippen LogP contribution in [-0.2, 0) is 5.41 Å². The zero-order valence-corrected chi connectivity index (χ0v) is 37.6. The second-order valence-corrected chi connectivity index (χ2v) is 18.7. The Morgan fingerprint density at radius 3 is 1.46 bits per heavy atom. The molecular formula is C67H42N2. The van der Waals surface area contributed by atoms with Crippen LogP contribution in [-0.4, -0.2) is 4.57 Å². The molecule has 0 atom stereocenters. The van der Waals surface area contributed by atoms with Crippen LogP contribution in [0.25, 0.3) is 93.2 Å². The molecule has 2 aliphatic rings. The fraction of sp³-hybridized carbons (Fsp3) is 0.0149. The Morgan fingerprint density at radius 2 is 0.768 bits per heavy atom. The molecule has 320 valence electrons. The third kappa shape index (κ3) is 5.20. The van der Waals surface area contributed by atoms with Gasteiger partial charge in [-0.2, -0.15) is 0 Å². The number of rotatable bonds is 5. The number of hydrogen-bond acceptors (Lipinski definition) is 1. The SMILES string of the molecule is c1ccc(-n2c3ccccc3c3ccc(-c4ccccc4N(c4ccc5c6ccccc6c6ccccc6c5c4)c4cccc5c4-c4ccccc4C54c5ccccc5-c5ccccc54)cc32)cc1. The first-order chi connectivity index (χ1) is 34.3. The van der Waals surface area contributed by atoms with Crippen molar-refractivity contribution < 1.29 is 0 Å². The smallest absolute Gasteiger partial charge is 0.0726 e.